The maximum absolute atomic E-state index is 6.00. The summed E-state index contributed by atoms with van der Waals surface area (Å²) in [5.74, 6) is 0.921. The molecule has 2 aromatic rings. The minimum Gasteiger partial charge on any atom is -0.263 e. The molecule has 0 bridgehead atoms. The minimum atomic E-state index is 0.314. The van der Waals surface area contributed by atoms with Crippen LogP contribution in [0.3, 0.4) is 0 Å². The molecule has 0 saturated carbocycles. The summed E-state index contributed by atoms with van der Waals surface area (Å²) >= 11 is 9.37. The second kappa shape index (κ2) is 5.10. The molecule has 0 spiro atoms. The molecule has 0 saturated heterocycles. The number of rotatable bonds is 2. The Morgan fingerprint density at radius 1 is 1.18 bits per heavy atom. The average Bonchev–Trinajstić information content (AvgIpc) is 2.28. The first-order chi connectivity index (χ1) is 8.06. The molecule has 17 heavy (non-hydrogen) atoms. The number of hydrogen-bond donors (Lipinski definition) is 0. The summed E-state index contributed by atoms with van der Waals surface area (Å²) in [6, 6.07) is 3.71. The van der Waals surface area contributed by atoms with E-state index in [-0.39, 0.29) is 0 Å². The number of nitrogens with zero attached hydrogens (tertiary/aromatic N) is 3. The van der Waals surface area contributed by atoms with E-state index in [1.165, 1.54) is 0 Å². The maximum atomic E-state index is 6.00. The lowest BCUT2D eigenvalue weighted by Gasteiger charge is -2.07. The van der Waals surface area contributed by atoms with Crippen LogP contribution in [0, 0.1) is 0 Å². The number of pyridine rings is 1. The van der Waals surface area contributed by atoms with Crippen molar-refractivity contribution < 1.29 is 0 Å². The van der Waals surface area contributed by atoms with Gasteiger partial charge in [0.25, 0.3) is 0 Å². The summed E-state index contributed by atoms with van der Waals surface area (Å²) in [7, 11) is 0. The molecule has 0 atom stereocenters. The molecule has 0 amide bonds. The highest BCUT2D eigenvalue weighted by molar-refractivity contribution is 9.10. The van der Waals surface area contributed by atoms with Crippen LogP contribution < -0.4 is 0 Å². The Morgan fingerprint density at radius 3 is 2.59 bits per heavy atom. The molecule has 0 aromatic carbocycles. The molecule has 5 heteroatoms. The Morgan fingerprint density at radius 2 is 1.94 bits per heavy atom. The van der Waals surface area contributed by atoms with E-state index < -0.39 is 0 Å². The first-order valence-corrected chi connectivity index (χ1v) is 6.39. The molecular weight excluding hydrogens is 302 g/mol. The Balaban J connectivity index is 2.52. The van der Waals surface area contributed by atoms with Crippen LogP contribution in [0.2, 0.25) is 5.15 Å². The highest BCUT2D eigenvalue weighted by Crippen LogP contribution is 2.23. The van der Waals surface area contributed by atoms with Gasteiger partial charge < -0.3 is 0 Å². The fraction of sp³-hybridized carbons (Fsp3) is 0.250. The van der Waals surface area contributed by atoms with Crippen molar-refractivity contribution in [2.75, 3.05) is 0 Å². The van der Waals surface area contributed by atoms with E-state index in [0.29, 0.717) is 16.9 Å². The Kier molecular flexibility index (Phi) is 3.74. The van der Waals surface area contributed by atoms with Crippen LogP contribution in [-0.4, -0.2) is 15.0 Å². The van der Waals surface area contributed by atoms with Crippen molar-refractivity contribution in [3.8, 4) is 11.4 Å². The molecule has 88 valence electrons. The molecular formula is C12H11BrClN3. The molecule has 2 heterocycles. The first kappa shape index (κ1) is 12.5. The van der Waals surface area contributed by atoms with Gasteiger partial charge in [0.2, 0.25) is 0 Å². The average molecular weight is 313 g/mol. The highest BCUT2D eigenvalue weighted by Gasteiger charge is 2.09. The fourth-order valence-electron chi connectivity index (χ4n) is 1.39. The summed E-state index contributed by atoms with van der Waals surface area (Å²) in [6.45, 7) is 4.14. The predicted octanol–water partition coefficient (Wildman–Crippen LogP) is 4.08. The third-order valence-electron chi connectivity index (χ3n) is 2.27. The van der Waals surface area contributed by atoms with Gasteiger partial charge in [-0.2, -0.15) is 0 Å². The third-order valence-corrected chi connectivity index (χ3v) is 2.90. The summed E-state index contributed by atoms with van der Waals surface area (Å²) in [5, 5.41) is 0.457. The summed E-state index contributed by atoms with van der Waals surface area (Å²) in [5.41, 5.74) is 1.78. The maximum Gasteiger partial charge on any atom is 0.162 e. The van der Waals surface area contributed by atoms with Gasteiger partial charge >= 0.3 is 0 Å². The molecule has 2 rings (SSSR count). The second-order valence-electron chi connectivity index (χ2n) is 3.99. The smallest absolute Gasteiger partial charge is 0.162 e. The Labute approximate surface area is 113 Å². The SMILES string of the molecule is CC(C)c1cc(Cl)nc(-c2cncc(Br)c2)n1. The molecule has 0 radical (unpaired) electrons. The fourth-order valence-corrected chi connectivity index (χ4v) is 1.95. The number of hydrogen-bond acceptors (Lipinski definition) is 3. The van der Waals surface area contributed by atoms with Gasteiger partial charge in [-0.3, -0.25) is 4.98 Å². The van der Waals surface area contributed by atoms with Crippen LogP contribution in [0.1, 0.15) is 25.5 Å². The monoisotopic (exact) mass is 311 g/mol. The summed E-state index contributed by atoms with van der Waals surface area (Å²) in [6.07, 6.45) is 3.44. The molecule has 0 aliphatic heterocycles. The van der Waals surface area contributed by atoms with Crippen molar-refractivity contribution in [2.45, 2.75) is 19.8 Å². The molecule has 2 aromatic heterocycles. The lowest BCUT2D eigenvalue weighted by atomic mass is 10.1. The Hall–Kier alpha value is -1.00. The van der Waals surface area contributed by atoms with Crippen LogP contribution >= 0.6 is 27.5 Å². The van der Waals surface area contributed by atoms with Gasteiger partial charge in [-0.1, -0.05) is 25.4 Å². The van der Waals surface area contributed by atoms with E-state index in [9.17, 15) is 0 Å². The van der Waals surface area contributed by atoms with Crippen LogP contribution in [0.15, 0.2) is 29.0 Å². The van der Waals surface area contributed by atoms with Crippen molar-refractivity contribution in [3.05, 3.63) is 39.8 Å². The summed E-state index contributed by atoms with van der Waals surface area (Å²) in [4.78, 5) is 12.8. The van der Waals surface area contributed by atoms with Crippen LogP contribution in [0.4, 0.5) is 0 Å². The standard InChI is InChI=1S/C12H11BrClN3/c1-7(2)10-4-11(14)17-12(16-10)8-3-9(13)6-15-5-8/h3-7H,1-2H3. The second-order valence-corrected chi connectivity index (χ2v) is 5.29. The van der Waals surface area contributed by atoms with Crippen LogP contribution in [0.25, 0.3) is 11.4 Å². The van der Waals surface area contributed by atoms with Gasteiger partial charge in [-0.05, 0) is 34.0 Å². The third kappa shape index (κ3) is 3.01. The van der Waals surface area contributed by atoms with Crippen molar-refractivity contribution >= 4 is 27.5 Å². The lowest BCUT2D eigenvalue weighted by molar-refractivity contribution is 0.816. The molecule has 0 aliphatic rings. The largest absolute Gasteiger partial charge is 0.263 e. The number of aromatic nitrogens is 3. The first-order valence-electron chi connectivity index (χ1n) is 5.21. The van der Waals surface area contributed by atoms with Gasteiger partial charge in [0.15, 0.2) is 5.82 Å². The zero-order valence-corrected chi connectivity index (χ0v) is 11.8. The molecule has 0 N–H and O–H groups in total. The molecule has 0 unspecified atom stereocenters. The molecule has 3 nitrogen and oxygen atoms in total. The minimum absolute atomic E-state index is 0.314. The van der Waals surface area contributed by atoms with Gasteiger partial charge in [0.1, 0.15) is 5.15 Å². The quantitative estimate of drug-likeness (QED) is 0.784. The highest BCUT2D eigenvalue weighted by atomic mass is 79.9. The zero-order valence-electron chi connectivity index (χ0n) is 9.48. The van der Waals surface area contributed by atoms with E-state index >= 15 is 0 Å². The number of halogens is 2. The topological polar surface area (TPSA) is 38.7 Å². The van der Waals surface area contributed by atoms with Gasteiger partial charge in [0, 0.05) is 28.1 Å². The Bertz CT molecular complexity index is 543. The van der Waals surface area contributed by atoms with Crippen molar-refractivity contribution in [1.82, 2.24) is 15.0 Å². The van der Waals surface area contributed by atoms with Crippen LogP contribution in [0.5, 0.6) is 0 Å². The zero-order chi connectivity index (χ0) is 12.4. The van der Waals surface area contributed by atoms with Crippen LogP contribution in [-0.2, 0) is 0 Å². The van der Waals surface area contributed by atoms with Gasteiger partial charge in [-0.15, -0.1) is 0 Å². The van der Waals surface area contributed by atoms with Crippen molar-refractivity contribution in [3.63, 3.8) is 0 Å². The van der Waals surface area contributed by atoms with Crippen molar-refractivity contribution in [2.24, 2.45) is 0 Å². The molecule has 0 fully saturated rings. The van der Waals surface area contributed by atoms with E-state index in [4.69, 9.17) is 11.6 Å². The van der Waals surface area contributed by atoms with E-state index in [0.717, 1.165) is 15.7 Å². The predicted molar refractivity (Wildman–Crippen MR) is 72.1 cm³/mol. The van der Waals surface area contributed by atoms with Crippen molar-refractivity contribution in [1.29, 1.82) is 0 Å². The van der Waals surface area contributed by atoms with Gasteiger partial charge in [-0.25, -0.2) is 9.97 Å². The van der Waals surface area contributed by atoms with E-state index in [1.54, 1.807) is 18.5 Å². The van der Waals surface area contributed by atoms with E-state index in [2.05, 4.69) is 44.7 Å². The summed E-state index contributed by atoms with van der Waals surface area (Å²) < 4.78 is 0.893. The lowest BCUT2D eigenvalue weighted by Crippen LogP contribution is -1.98. The normalized spacial score (nSPS) is 10.9. The molecule has 0 aliphatic carbocycles. The van der Waals surface area contributed by atoms with Gasteiger partial charge in [0.05, 0.1) is 0 Å². The van der Waals surface area contributed by atoms with E-state index in [1.807, 2.05) is 6.07 Å².